The lowest BCUT2D eigenvalue weighted by Crippen LogP contribution is -2.42. The van der Waals surface area contributed by atoms with E-state index in [4.69, 9.17) is 5.26 Å². The first kappa shape index (κ1) is 15.7. The molecular formula is C18H17N3OS2. The lowest BCUT2D eigenvalue weighted by atomic mass is 9.95. The maximum Gasteiger partial charge on any atom is 0.261 e. The van der Waals surface area contributed by atoms with Crippen LogP contribution in [0.25, 0.3) is 0 Å². The molecule has 2 saturated heterocycles. The number of benzene rings is 1. The Bertz CT molecular complexity index is 811. The van der Waals surface area contributed by atoms with Gasteiger partial charge in [0.2, 0.25) is 0 Å². The van der Waals surface area contributed by atoms with Crippen LogP contribution < -0.4 is 10.6 Å². The van der Waals surface area contributed by atoms with Crippen molar-refractivity contribution in [3.05, 3.63) is 46.8 Å². The summed E-state index contributed by atoms with van der Waals surface area (Å²) >= 11 is 3.09. The van der Waals surface area contributed by atoms with E-state index in [9.17, 15) is 4.79 Å². The van der Waals surface area contributed by atoms with Crippen LogP contribution in [0, 0.1) is 11.3 Å². The van der Waals surface area contributed by atoms with Gasteiger partial charge < -0.3 is 10.6 Å². The third kappa shape index (κ3) is 3.20. The summed E-state index contributed by atoms with van der Waals surface area (Å²) in [5.41, 5.74) is 0.651. The average molecular weight is 355 g/mol. The minimum Gasteiger partial charge on any atom is -0.347 e. The van der Waals surface area contributed by atoms with Crippen molar-refractivity contribution < 1.29 is 4.79 Å². The molecule has 0 spiro atoms. The molecule has 2 N–H and O–H groups in total. The van der Waals surface area contributed by atoms with Crippen LogP contribution in [-0.4, -0.2) is 24.0 Å². The fraction of sp³-hybridized carbons (Fsp3) is 0.333. The number of hydrogen-bond acceptors (Lipinski definition) is 5. The fourth-order valence-corrected chi connectivity index (χ4v) is 5.53. The zero-order valence-corrected chi connectivity index (χ0v) is 14.6. The van der Waals surface area contributed by atoms with Crippen LogP contribution in [0.3, 0.4) is 0 Å². The molecule has 1 amide bonds. The van der Waals surface area contributed by atoms with Crippen molar-refractivity contribution in [2.24, 2.45) is 0 Å². The minimum atomic E-state index is 0.0250. The molecule has 24 heavy (non-hydrogen) atoms. The first-order chi connectivity index (χ1) is 11.7. The molecular weight excluding hydrogens is 338 g/mol. The summed E-state index contributed by atoms with van der Waals surface area (Å²) in [5, 5.41) is 15.7. The third-order valence-corrected chi connectivity index (χ3v) is 6.81. The number of carbonyl (C=O) groups is 1. The number of amides is 1. The van der Waals surface area contributed by atoms with Crippen LogP contribution >= 0.6 is 23.1 Å². The Morgan fingerprint density at radius 1 is 1.33 bits per heavy atom. The Labute approximate surface area is 149 Å². The van der Waals surface area contributed by atoms with E-state index in [-0.39, 0.29) is 11.9 Å². The fourth-order valence-electron chi connectivity index (χ4n) is 3.47. The van der Waals surface area contributed by atoms with E-state index in [0.717, 1.165) is 26.8 Å². The van der Waals surface area contributed by atoms with E-state index in [1.54, 1.807) is 17.8 Å². The molecule has 4 rings (SSSR count). The van der Waals surface area contributed by atoms with E-state index < -0.39 is 0 Å². The SMILES string of the molecule is N#Cc1cccc(Sc2ccc(C(=O)N[C@@H]3C[C@H]4CC[C@@H]3N4)s2)c1. The van der Waals surface area contributed by atoms with Crippen molar-refractivity contribution in [1.82, 2.24) is 10.6 Å². The molecule has 1 aromatic heterocycles. The molecule has 3 atom stereocenters. The summed E-state index contributed by atoms with van der Waals surface area (Å²) in [7, 11) is 0. The Morgan fingerprint density at radius 3 is 3.00 bits per heavy atom. The van der Waals surface area contributed by atoms with Gasteiger partial charge in [-0.15, -0.1) is 11.3 Å². The van der Waals surface area contributed by atoms with Crippen LogP contribution in [0.1, 0.15) is 34.5 Å². The first-order valence-corrected chi connectivity index (χ1v) is 9.69. The number of fused-ring (bicyclic) bond motifs is 2. The van der Waals surface area contributed by atoms with Crippen molar-refractivity contribution in [3.8, 4) is 6.07 Å². The second-order valence-corrected chi connectivity index (χ2v) is 8.68. The second kappa shape index (κ2) is 6.60. The average Bonchev–Trinajstić information content (AvgIpc) is 3.31. The maximum atomic E-state index is 12.5. The van der Waals surface area contributed by atoms with Crippen LogP contribution in [0.4, 0.5) is 0 Å². The van der Waals surface area contributed by atoms with E-state index >= 15 is 0 Å². The Kier molecular flexibility index (Phi) is 4.31. The third-order valence-electron chi connectivity index (χ3n) is 4.60. The van der Waals surface area contributed by atoms with Gasteiger partial charge in [0.15, 0.2) is 0 Å². The topological polar surface area (TPSA) is 64.9 Å². The maximum absolute atomic E-state index is 12.5. The highest BCUT2D eigenvalue weighted by Crippen LogP contribution is 2.34. The molecule has 4 nitrogen and oxygen atoms in total. The summed E-state index contributed by atoms with van der Waals surface area (Å²) < 4.78 is 1.06. The molecule has 1 aromatic carbocycles. The molecule has 2 aliphatic rings. The van der Waals surface area contributed by atoms with E-state index in [1.807, 2.05) is 30.3 Å². The van der Waals surface area contributed by atoms with Crippen molar-refractivity contribution in [1.29, 1.82) is 5.26 Å². The van der Waals surface area contributed by atoms with Crippen LogP contribution in [0.15, 0.2) is 45.5 Å². The molecule has 0 aliphatic carbocycles. The standard InChI is InChI=1S/C18H17N3OS2/c19-10-11-2-1-3-13(8-11)23-17-7-6-16(24-17)18(22)21-15-9-12-4-5-14(15)20-12/h1-3,6-8,12,14-15,20H,4-5,9H2,(H,21,22)/t12-,14+,15-/m1/s1. The molecule has 2 bridgehead atoms. The number of nitrogens with zero attached hydrogens (tertiary/aromatic N) is 1. The monoisotopic (exact) mass is 355 g/mol. The zero-order chi connectivity index (χ0) is 16.5. The number of hydrogen-bond donors (Lipinski definition) is 2. The van der Waals surface area contributed by atoms with Crippen LogP contribution in [0.5, 0.6) is 0 Å². The molecule has 0 radical (unpaired) electrons. The van der Waals surface area contributed by atoms with Gasteiger partial charge in [-0.1, -0.05) is 17.8 Å². The van der Waals surface area contributed by atoms with E-state index in [2.05, 4.69) is 16.7 Å². The van der Waals surface area contributed by atoms with Crippen molar-refractivity contribution >= 4 is 29.0 Å². The van der Waals surface area contributed by atoms with E-state index in [0.29, 0.717) is 17.6 Å². The highest BCUT2D eigenvalue weighted by Gasteiger charge is 2.39. The minimum absolute atomic E-state index is 0.0250. The molecule has 0 saturated carbocycles. The van der Waals surface area contributed by atoms with Crippen molar-refractivity contribution in [2.75, 3.05) is 0 Å². The van der Waals surface area contributed by atoms with Gasteiger partial charge >= 0.3 is 0 Å². The molecule has 122 valence electrons. The summed E-state index contributed by atoms with van der Waals surface area (Å²) in [6, 6.07) is 14.8. The van der Waals surface area contributed by atoms with Gasteiger partial charge in [0, 0.05) is 23.0 Å². The first-order valence-electron chi connectivity index (χ1n) is 8.06. The van der Waals surface area contributed by atoms with Crippen LogP contribution in [-0.2, 0) is 0 Å². The molecule has 6 heteroatoms. The lowest BCUT2D eigenvalue weighted by Gasteiger charge is -2.20. The van der Waals surface area contributed by atoms with E-state index in [1.165, 1.54) is 17.8 Å². The predicted octanol–water partition coefficient (Wildman–Crippen LogP) is 3.39. The summed E-state index contributed by atoms with van der Waals surface area (Å²) in [5.74, 6) is 0.0250. The van der Waals surface area contributed by atoms with Gasteiger partial charge in [0.1, 0.15) is 0 Å². The number of nitrogens with one attached hydrogen (secondary N) is 2. The zero-order valence-electron chi connectivity index (χ0n) is 13.0. The molecule has 0 unspecified atom stereocenters. The highest BCUT2D eigenvalue weighted by atomic mass is 32.2. The molecule has 2 aromatic rings. The van der Waals surface area contributed by atoms with Gasteiger partial charge in [0.25, 0.3) is 5.91 Å². The summed E-state index contributed by atoms with van der Waals surface area (Å²) in [6.07, 6.45) is 3.44. The number of carbonyl (C=O) groups excluding carboxylic acids is 1. The van der Waals surface area contributed by atoms with Crippen molar-refractivity contribution in [3.63, 3.8) is 0 Å². The summed E-state index contributed by atoms with van der Waals surface area (Å²) in [6.45, 7) is 0. The smallest absolute Gasteiger partial charge is 0.261 e. The quantitative estimate of drug-likeness (QED) is 0.882. The predicted molar refractivity (Wildman–Crippen MR) is 95.4 cm³/mol. The molecule has 2 fully saturated rings. The Balaban J connectivity index is 1.40. The normalized spacial score (nSPS) is 24.7. The lowest BCUT2D eigenvalue weighted by molar-refractivity contribution is 0.0935. The van der Waals surface area contributed by atoms with Crippen molar-refractivity contribution in [2.45, 2.75) is 46.5 Å². The molecule has 2 aliphatic heterocycles. The van der Waals surface area contributed by atoms with Crippen LogP contribution in [0.2, 0.25) is 0 Å². The second-order valence-electron chi connectivity index (χ2n) is 6.22. The van der Waals surface area contributed by atoms with Gasteiger partial charge in [-0.05, 0) is 49.6 Å². The van der Waals surface area contributed by atoms with Gasteiger partial charge in [-0.3, -0.25) is 4.79 Å². The van der Waals surface area contributed by atoms with Gasteiger partial charge in [-0.2, -0.15) is 5.26 Å². The Morgan fingerprint density at radius 2 is 2.25 bits per heavy atom. The molecule has 3 heterocycles. The number of nitriles is 1. The van der Waals surface area contributed by atoms with Gasteiger partial charge in [0.05, 0.1) is 20.7 Å². The number of rotatable bonds is 4. The number of thiophene rings is 1. The Hall–Kier alpha value is -1.81. The largest absolute Gasteiger partial charge is 0.347 e. The summed E-state index contributed by atoms with van der Waals surface area (Å²) in [4.78, 5) is 14.2. The highest BCUT2D eigenvalue weighted by molar-refractivity contribution is 8.01. The van der Waals surface area contributed by atoms with Gasteiger partial charge in [-0.25, -0.2) is 0 Å².